The Morgan fingerprint density at radius 1 is 0.947 bits per heavy atom. The van der Waals surface area contributed by atoms with Crippen molar-refractivity contribution < 1.29 is 9.09 Å². The smallest absolute Gasteiger partial charge is 0.224 e. The van der Waals surface area contributed by atoms with Gasteiger partial charge in [0.1, 0.15) is 0 Å². The van der Waals surface area contributed by atoms with Crippen molar-refractivity contribution in [1.29, 1.82) is 0 Å². The summed E-state index contributed by atoms with van der Waals surface area (Å²) < 4.78 is 15.6. The first-order valence-corrected chi connectivity index (χ1v) is 6.86. The predicted octanol–water partition coefficient (Wildman–Crippen LogP) is 4.43. The molecule has 2 aromatic carbocycles. The molecule has 0 heterocycles. The maximum atomic E-state index is 10.6. The fourth-order valence-corrected chi connectivity index (χ4v) is 2.01. The van der Waals surface area contributed by atoms with Gasteiger partial charge in [-0.15, -0.1) is 0 Å². The molecule has 0 spiro atoms. The molecule has 3 heteroatoms. The summed E-state index contributed by atoms with van der Waals surface area (Å²) in [7, 11) is -1.27. The second-order valence-electron chi connectivity index (χ2n) is 3.97. The van der Waals surface area contributed by atoms with Crippen LogP contribution in [-0.2, 0) is 9.09 Å². The van der Waals surface area contributed by atoms with Gasteiger partial charge in [0.15, 0.2) is 0 Å². The molecule has 1 atom stereocenters. The second-order valence-corrected chi connectivity index (χ2v) is 4.44. The number of hydrogen-bond acceptors (Lipinski definition) is 2. The molecule has 0 amide bonds. The number of hydrogen-bond donors (Lipinski definition) is 0. The third-order valence-electron chi connectivity index (χ3n) is 2.77. The Balaban J connectivity index is 2.40. The summed E-state index contributed by atoms with van der Waals surface area (Å²) in [5, 5.41) is 0. The Morgan fingerprint density at radius 3 is 2.00 bits per heavy atom. The number of allylic oxidation sites excluding steroid dienone is 2. The average Bonchev–Trinajstić information content (AvgIpc) is 2.49. The van der Waals surface area contributed by atoms with Crippen LogP contribution < -0.4 is 0 Å². The van der Waals surface area contributed by atoms with Gasteiger partial charge in [0.05, 0.1) is 6.26 Å². The second kappa shape index (κ2) is 6.77. The minimum atomic E-state index is -1.27. The predicted molar refractivity (Wildman–Crippen MR) is 81.4 cm³/mol. The highest BCUT2D eigenvalue weighted by Gasteiger charge is 2.08. The Morgan fingerprint density at radius 2 is 1.47 bits per heavy atom. The van der Waals surface area contributed by atoms with Crippen molar-refractivity contribution in [3.05, 3.63) is 84.6 Å². The minimum Gasteiger partial charge on any atom is -0.454 e. The minimum absolute atomic E-state index is 0.843. The van der Waals surface area contributed by atoms with E-state index in [2.05, 4.69) is 6.58 Å². The molecule has 1 unspecified atom stereocenters. The molecule has 0 bridgehead atoms. The lowest BCUT2D eigenvalue weighted by molar-refractivity contribution is 0.485. The molecular weight excluding hydrogens is 255 g/mol. The highest BCUT2D eigenvalue weighted by Crippen LogP contribution is 2.30. The maximum Gasteiger partial charge on any atom is 0.224 e. The summed E-state index contributed by atoms with van der Waals surface area (Å²) in [5.41, 5.74) is 3.70. The molecule has 2 aromatic rings. The molecule has 96 valence electrons. The van der Waals surface area contributed by atoms with Gasteiger partial charge in [-0.3, -0.25) is 4.57 Å². The van der Waals surface area contributed by atoms with Gasteiger partial charge in [-0.05, 0) is 16.7 Å². The van der Waals surface area contributed by atoms with Crippen molar-refractivity contribution in [2.45, 2.75) is 0 Å². The van der Waals surface area contributed by atoms with E-state index in [1.807, 2.05) is 60.7 Å². The van der Waals surface area contributed by atoms with Gasteiger partial charge in [-0.2, -0.15) is 0 Å². The van der Waals surface area contributed by atoms with E-state index in [0.29, 0.717) is 0 Å². The summed E-state index contributed by atoms with van der Waals surface area (Å²) >= 11 is 0. The molecule has 0 aliphatic carbocycles. The fourth-order valence-electron chi connectivity index (χ4n) is 1.82. The van der Waals surface area contributed by atoms with Crippen LogP contribution in [0.25, 0.3) is 11.1 Å². The van der Waals surface area contributed by atoms with Crippen LogP contribution in [0.15, 0.2) is 73.5 Å². The molecule has 0 radical (unpaired) electrons. The van der Waals surface area contributed by atoms with Gasteiger partial charge in [0, 0.05) is 5.57 Å². The molecule has 2 rings (SSSR count). The Hall–Kier alpha value is -2.05. The lowest BCUT2D eigenvalue weighted by atomic mass is 9.95. The quantitative estimate of drug-likeness (QED) is 0.456. The summed E-state index contributed by atoms with van der Waals surface area (Å²) in [6.07, 6.45) is 1.52. The van der Waals surface area contributed by atoms with Crippen LogP contribution in [0.2, 0.25) is 0 Å². The average molecular weight is 270 g/mol. The van der Waals surface area contributed by atoms with Crippen LogP contribution >= 0.6 is 8.69 Å². The monoisotopic (exact) mass is 270 g/mol. The van der Waals surface area contributed by atoms with Crippen LogP contribution in [0.1, 0.15) is 11.1 Å². The van der Waals surface area contributed by atoms with Gasteiger partial charge >= 0.3 is 0 Å². The standard InChI is InChI=1S/C16H15O2P/c1-13(14-8-4-2-5-9-14)16(12-18-19-17)15-10-6-3-7-11-15/h2-12H,1,19H2. The van der Waals surface area contributed by atoms with Crippen molar-refractivity contribution in [2.24, 2.45) is 0 Å². The van der Waals surface area contributed by atoms with Gasteiger partial charge in [0.25, 0.3) is 0 Å². The summed E-state index contributed by atoms with van der Waals surface area (Å²) in [6.45, 7) is 4.11. The maximum absolute atomic E-state index is 10.6. The zero-order valence-corrected chi connectivity index (χ0v) is 11.6. The number of rotatable bonds is 5. The zero-order valence-electron chi connectivity index (χ0n) is 10.5. The molecule has 0 aromatic heterocycles. The molecular formula is C16H15O2P. The third kappa shape index (κ3) is 3.46. The SMILES string of the molecule is C=C(C(=CO[PH2]=O)c1ccccc1)c1ccccc1. The van der Waals surface area contributed by atoms with Crippen LogP contribution in [-0.4, -0.2) is 0 Å². The highest BCUT2D eigenvalue weighted by atomic mass is 31.1. The first kappa shape index (κ1) is 13.4. The fraction of sp³-hybridized carbons (Fsp3) is 0. The lowest BCUT2D eigenvalue weighted by Gasteiger charge is -2.11. The van der Waals surface area contributed by atoms with E-state index in [1.54, 1.807) is 0 Å². The van der Waals surface area contributed by atoms with Crippen LogP contribution in [0.5, 0.6) is 0 Å². The molecule has 0 N–H and O–H groups in total. The first-order valence-electron chi connectivity index (χ1n) is 5.92. The van der Waals surface area contributed by atoms with E-state index in [1.165, 1.54) is 6.26 Å². The lowest BCUT2D eigenvalue weighted by Crippen LogP contribution is -1.89. The van der Waals surface area contributed by atoms with Crippen molar-refractivity contribution >= 4 is 19.8 Å². The van der Waals surface area contributed by atoms with Gasteiger partial charge in [-0.1, -0.05) is 67.2 Å². The topological polar surface area (TPSA) is 26.3 Å². The largest absolute Gasteiger partial charge is 0.454 e. The van der Waals surface area contributed by atoms with Crippen molar-refractivity contribution in [3.63, 3.8) is 0 Å². The third-order valence-corrected chi connectivity index (χ3v) is 3.02. The van der Waals surface area contributed by atoms with E-state index in [9.17, 15) is 4.57 Å². The zero-order chi connectivity index (χ0) is 13.5. The normalized spacial score (nSPS) is 11.7. The Labute approximate surface area is 114 Å². The highest BCUT2D eigenvalue weighted by molar-refractivity contribution is 7.17. The molecule has 0 saturated heterocycles. The Bertz CT molecular complexity index is 589. The van der Waals surface area contributed by atoms with E-state index in [0.717, 1.165) is 22.3 Å². The summed E-state index contributed by atoms with van der Waals surface area (Å²) in [6, 6.07) is 19.7. The van der Waals surface area contributed by atoms with Crippen molar-refractivity contribution in [2.75, 3.05) is 0 Å². The van der Waals surface area contributed by atoms with E-state index >= 15 is 0 Å². The van der Waals surface area contributed by atoms with Gasteiger partial charge in [-0.25, -0.2) is 0 Å². The molecule has 0 aliphatic rings. The van der Waals surface area contributed by atoms with Gasteiger partial charge in [0.2, 0.25) is 8.69 Å². The van der Waals surface area contributed by atoms with Gasteiger partial charge < -0.3 is 4.52 Å². The number of benzene rings is 2. The van der Waals surface area contributed by atoms with Crippen molar-refractivity contribution in [3.8, 4) is 0 Å². The molecule has 2 nitrogen and oxygen atoms in total. The van der Waals surface area contributed by atoms with Crippen molar-refractivity contribution in [1.82, 2.24) is 0 Å². The molecule has 19 heavy (non-hydrogen) atoms. The van der Waals surface area contributed by atoms with E-state index < -0.39 is 8.69 Å². The van der Waals surface area contributed by atoms with E-state index in [4.69, 9.17) is 4.52 Å². The summed E-state index contributed by atoms with van der Waals surface area (Å²) in [5.74, 6) is 0. The molecule has 0 saturated carbocycles. The first-order chi connectivity index (χ1) is 9.33. The Kier molecular flexibility index (Phi) is 4.77. The van der Waals surface area contributed by atoms with Crippen LogP contribution in [0.4, 0.5) is 0 Å². The summed E-state index contributed by atoms with van der Waals surface area (Å²) in [4.78, 5) is 0. The molecule has 0 fully saturated rings. The molecule has 0 aliphatic heterocycles. The van der Waals surface area contributed by atoms with E-state index in [-0.39, 0.29) is 0 Å². The van der Waals surface area contributed by atoms with Crippen LogP contribution in [0.3, 0.4) is 0 Å². The van der Waals surface area contributed by atoms with Crippen LogP contribution in [0, 0.1) is 0 Å².